The second-order valence-electron chi connectivity index (χ2n) is 10.6. The second-order valence-corrected chi connectivity index (χ2v) is 10.6. The Morgan fingerprint density at radius 1 is 1.03 bits per heavy atom. The van der Waals surface area contributed by atoms with Crippen molar-refractivity contribution >= 4 is 23.0 Å². The summed E-state index contributed by atoms with van der Waals surface area (Å²) in [5, 5.41) is 3.77. The first-order chi connectivity index (χ1) is 16.2. The highest BCUT2D eigenvalue weighted by Crippen LogP contribution is 2.32. The molecule has 1 heterocycles. The van der Waals surface area contributed by atoms with Gasteiger partial charge in [-0.15, -0.1) is 0 Å². The van der Waals surface area contributed by atoms with Crippen LogP contribution in [-0.2, 0) is 22.4 Å². The number of ether oxygens (including phenoxy) is 2. The van der Waals surface area contributed by atoms with Crippen molar-refractivity contribution in [3.05, 3.63) is 39.7 Å². The standard InChI is InChI=1S/C27H35NO6/c1-27(2,3)34-26(31)28-16-17-9-11-18(12-10-17)24(29)32-19-13-14-21-20-7-5-4-6-8-22(20)25(30)33-23(21)15-19/h13-15,17-18H,4-12,16H2,1-3H3,(H,28,31). The SMILES string of the molecule is CC(C)(C)OC(=O)NCC1CCC(C(=O)Oc2ccc3c4c(c(=O)oc3c2)CCCCC4)CC1. The number of amides is 1. The molecule has 0 radical (unpaired) electrons. The molecule has 0 spiro atoms. The number of hydrogen-bond acceptors (Lipinski definition) is 6. The fourth-order valence-electron chi connectivity index (χ4n) is 5.01. The van der Waals surface area contributed by atoms with Gasteiger partial charge in [-0.1, -0.05) is 6.42 Å². The molecular weight excluding hydrogens is 434 g/mol. The highest BCUT2D eigenvalue weighted by Gasteiger charge is 2.28. The summed E-state index contributed by atoms with van der Waals surface area (Å²) in [5.41, 5.74) is 1.57. The third kappa shape index (κ3) is 5.99. The average molecular weight is 470 g/mol. The van der Waals surface area contributed by atoms with E-state index >= 15 is 0 Å². The van der Waals surface area contributed by atoms with Crippen LogP contribution in [0.5, 0.6) is 5.75 Å². The van der Waals surface area contributed by atoms with Crippen LogP contribution in [-0.4, -0.2) is 24.2 Å². The van der Waals surface area contributed by atoms with Gasteiger partial charge < -0.3 is 19.2 Å². The van der Waals surface area contributed by atoms with Crippen molar-refractivity contribution < 1.29 is 23.5 Å². The number of alkyl carbamates (subject to hydrolysis) is 1. The number of hydrogen-bond donors (Lipinski definition) is 1. The summed E-state index contributed by atoms with van der Waals surface area (Å²) in [4.78, 5) is 37.1. The fourth-order valence-corrected chi connectivity index (χ4v) is 5.01. The molecule has 2 aliphatic carbocycles. The van der Waals surface area contributed by atoms with E-state index in [0.29, 0.717) is 23.8 Å². The van der Waals surface area contributed by atoms with Crippen LogP contribution < -0.4 is 15.7 Å². The van der Waals surface area contributed by atoms with Crippen LogP contribution in [0.15, 0.2) is 27.4 Å². The fraction of sp³-hybridized carbons (Fsp3) is 0.593. The number of benzene rings is 1. The van der Waals surface area contributed by atoms with Gasteiger partial charge in [-0.05, 0) is 95.8 Å². The summed E-state index contributed by atoms with van der Waals surface area (Å²) in [6, 6.07) is 5.36. The molecule has 0 saturated heterocycles. The monoisotopic (exact) mass is 469 g/mol. The lowest BCUT2D eigenvalue weighted by atomic mass is 9.82. The van der Waals surface area contributed by atoms with Crippen LogP contribution in [0, 0.1) is 11.8 Å². The summed E-state index contributed by atoms with van der Waals surface area (Å²) in [7, 11) is 0. The number of aryl methyl sites for hydroxylation is 1. The molecule has 0 aliphatic heterocycles. The van der Waals surface area contributed by atoms with Crippen LogP contribution in [0.4, 0.5) is 4.79 Å². The first-order valence-corrected chi connectivity index (χ1v) is 12.5. The number of esters is 1. The average Bonchev–Trinajstić information content (AvgIpc) is 3.04. The van der Waals surface area contributed by atoms with Gasteiger partial charge in [0.15, 0.2) is 0 Å². The van der Waals surface area contributed by atoms with Crippen LogP contribution in [0.1, 0.15) is 76.8 Å². The number of carbonyl (C=O) groups is 2. The minimum atomic E-state index is -0.518. The predicted molar refractivity (Wildman–Crippen MR) is 129 cm³/mol. The molecule has 2 aliphatic rings. The van der Waals surface area contributed by atoms with E-state index in [1.807, 2.05) is 26.8 Å². The van der Waals surface area contributed by atoms with Gasteiger partial charge in [-0.2, -0.15) is 0 Å². The quantitative estimate of drug-likeness (QED) is 0.283. The smallest absolute Gasteiger partial charge is 0.407 e. The maximum absolute atomic E-state index is 12.8. The Morgan fingerprint density at radius 3 is 2.44 bits per heavy atom. The molecule has 1 fully saturated rings. The van der Waals surface area contributed by atoms with Gasteiger partial charge >= 0.3 is 17.7 Å². The molecule has 1 N–H and O–H groups in total. The Labute approximate surface area is 200 Å². The molecule has 1 saturated carbocycles. The zero-order chi connectivity index (χ0) is 24.3. The third-order valence-electron chi connectivity index (χ3n) is 6.78. The maximum Gasteiger partial charge on any atom is 0.407 e. The molecule has 34 heavy (non-hydrogen) atoms. The van der Waals surface area contributed by atoms with Crippen LogP contribution in [0.2, 0.25) is 0 Å². The Hall–Kier alpha value is -2.83. The van der Waals surface area contributed by atoms with Gasteiger partial charge in [0.05, 0.1) is 5.92 Å². The summed E-state index contributed by atoms with van der Waals surface area (Å²) in [5.74, 6) is 0.298. The summed E-state index contributed by atoms with van der Waals surface area (Å²) < 4.78 is 16.5. The minimum Gasteiger partial charge on any atom is -0.444 e. The van der Waals surface area contributed by atoms with Gasteiger partial charge in [0.1, 0.15) is 16.9 Å². The molecule has 4 rings (SSSR count). The topological polar surface area (TPSA) is 94.8 Å². The molecule has 0 bridgehead atoms. The summed E-state index contributed by atoms with van der Waals surface area (Å²) in [6.45, 7) is 6.05. The summed E-state index contributed by atoms with van der Waals surface area (Å²) in [6.07, 6.45) is 7.55. The van der Waals surface area contributed by atoms with Crippen molar-refractivity contribution in [3.63, 3.8) is 0 Å². The van der Waals surface area contributed by atoms with Gasteiger partial charge in [0, 0.05) is 23.6 Å². The zero-order valence-corrected chi connectivity index (χ0v) is 20.4. The Kier molecular flexibility index (Phi) is 7.29. The normalized spacial score (nSPS) is 20.8. The second kappa shape index (κ2) is 10.2. The third-order valence-corrected chi connectivity index (χ3v) is 6.78. The molecular formula is C27H35NO6. The van der Waals surface area contributed by atoms with Crippen molar-refractivity contribution in [2.45, 2.75) is 84.2 Å². The lowest BCUT2D eigenvalue weighted by molar-refractivity contribution is -0.140. The molecule has 1 amide bonds. The van der Waals surface area contributed by atoms with Gasteiger partial charge in [0.2, 0.25) is 0 Å². The van der Waals surface area contributed by atoms with Crippen molar-refractivity contribution in [1.82, 2.24) is 5.32 Å². The largest absolute Gasteiger partial charge is 0.444 e. The van der Waals surface area contributed by atoms with E-state index in [1.165, 1.54) is 0 Å². The van der Waals surface area contributed by atoms with Crippen LogP contribution >= 0.6 is 0 Å². The van der Waals surface area contributed by atoms with Crippen molar-refractivity contribution in [2.24, 2.45) is 11.8 Å². The number of nitrogens with one attached hydrogen (secondary N) is 1. The van der Waals surface area contributed by atoms with E-state index in [1.54, 1.807) is 12.1 Å². The Bertz CT molecular complexity index is 1100. The molecule has 184 valence electrons. The van der Waals surface area contributed by atoms with Crippen molar-refractivity contribution in [1.29, 1.82) is 0 Å². The highest BCUT2D eigenvalue weighted by molar-refractivity contribution is 5.84. The first-order valence-electron chi connectivity index (χ1n) is 12.5. The maximum atomic E-state index is 12.8. The van der Waals surface area contributed by atoms with Gasteiger partial charge in [0.25, 0.3) is 0 Å². The zero-order valence-electron chi connectivity index (χ0n) is 20.4. The van der Waals surface area contributed by atoms with Gasteiger partial charge in [-0.25, -0.2) is 9.59 Å². The highest BCUT2D eigenvalue weighted by atomic mass is 16.6. The van der Waals surface area contributed by atoms with Crippen molar-refractivity contribution in [3.8, 4) is 5.75 Å². The van der Waals surface area contributed by atoms with Crippen molar-refractivity contribution in [2.75, 3.05) is 6.54 Å². The minimum absolute atomic E-state index is 0.174. The van der Waals surface area contributed by atoms with E-state index < -0.39 is 11.7 Å². The number of carbonyl (C=O) groups excluding carboxylic acids is 2. The molecule has 7 heteroatoms. The van der Waals surface area contributed by atoms with E-state index in [0.717, 1.165) is 74.3 Å². The Morgan fingerprint density at radius 2 is 1.74 bits per heavy atom. The van der Waals surface area contributed by atoms with Crippen LogP contribution in [0.3, 0.4) is 0 Å². The lowest BCUT2D eigenvalue weighted by Gasteiger charge is -2.28. The molecule has 7 nitrogen and oxygen atoms in total. The van der Waals surface area contributed by atoms with E-state index in [4.69, 9.17) is 13.9 Å². The molecule has 0 unspecified atom stereocenters. The van der Waals surface area contributed by atoms with E-state index in [-0.39, 0.29) is 17.5 Å². The molecule has 1 aromatic heterocycles. The van der Waals surface area contributed by atoms with Crippen LogP contribution in [0.25, 0.3) is 11.0 Å². The number of rotatable bonds is 4. The molecule has 2 aromatic rings. The first kappa shape index (κ1) is 24.3. The van der Waals surface area contributed by atoms with Gasteiger partial charge in [-0.3, -0.25) is 4.79 Å². The number of fused-ring (bicyclic) bond motifs is 3. The van der Waals surface area contributed by atoms with E-state index in [9.17, 15) is 14.4 Å². The molecule has 1 aromatic carbocycles. The summed E-state index contributed by atoms with van der Waals surface area (Å²) >= 11 is 0. The Balaban J connectivity index is 1.33. The predicted octanol–water partition coefficient (Wildman–Crippen LogP) is 5.30. The molecule has 0 atom stereocenters. The van der Waals surface area contributed by atoms with E-state index in [2.05, 4.69) is 5.32 Å². The lowest BCUT2D eigenvalue weighted by Crippen LogP contribution is -2.36.